The van der Waals surface area contributed by atoms with Gasteiger partial charge in [0.2, 0.25) is 0 Å². The van der Waals surface area contributed by atoms with Crippen molar-refractivity contribution >= 4 is 17.3 Å². The molecule has 2 rings (SSSR count). The molecule has 0 radical (unpaired) electrons. The van der Waals surface area contributed by atoms with Gasteiger partial charge in [0, 0.05) is 17.0 Å². The van der Waals surface area contributed by atoms with E-state index < -0.39 is 5.97 Å². The highest BCUT2D eigenvalue weighted by atomic mass is 32.1. The summed E-state index contributed by atoms with van der Waals surface area (Å²) in [6.45, 7) is 8.67. The Morgan fingerprint density at radius 3 is 2.75 bits per heavy atom. The molecular weight excluding hydrogens is 276 g/mol. The Morgan fingerprint density at radius 2 is 2.20 bits per heavy atom. The summed E-state index contributed by atoms with van der Waals surface area (Å²) in [5, 5.41) is 10.9. The molecule has 108 valence electrons. The molecule has 0 saturated heterocycles. The Labute approximate surface area is 121 Å². The summed E-state index contributed by atoms with van der Waals surface area (Å²) in [7, 11) is 0. The molecule has 2 aromatic rings. The van der Waals surface area contributed by atoms with Crippen molar-refractivity contribution in [3.63, 3.8) is 0 Å². The molecule has 0 saturated carbocycles. The summed E-state index contributed by atoms with van der Waals surface area (Å²) in [4.78, 5) is 16.2. The third-order valence-corrected chi connectivity index (χ3v) is 3.45. The van der Waals surface area contributed by atoms with Crippen molar-refractivity contribution < 1.29 is 9.53 Å². The Balaban J connectivity index is 2.40. The molecule has 0 N–H and O–H groups in total. The van der Waals surface area contributed by atoms with Gasteiger partial charge < -0.3 is 4.74 Å². The molecular formula is C13H18N4O2S. The van der Waals surface area contributed by atoms with Gasteiger partial charge in [0.05, 0.1) is 18.8 Å². The average molecular weight is 294 g/mol. The van der Waals surface area contributed by atoms with Crippen molar-refractivity contribution in [2.45, 2.75) is 39.7 Å². The van der Waals surface area contributed by atoms with Crippen molar-refractivity contribution in [2.24, 2.45) is 0 Å². The van der Waals surface area contributed by atoms with E-state index >= 15 is 0 Å². The summed E-state index contributed by atoms with van der Waals surface area (Å²) in [6.07, 6.45) is 1.75. The van der Waals surface area contributed by atoms with Gasteiger partial charge in [-0.05, 0) is 6.92 Å². The van der Waals surface area contributed by atoms with E-state index in [1.165, 1.54) is 0 Å². The van der Waals surface area contributed by atoms with Crippen LogP contribution in [-0.4, -0.2) is 32.6 Å². The van der Waals surface area contributed by atoms with Crippen LogP contribution in [0.5, 0.6) is 0 Å². The summed E-state index contributed by atoms with van der Waals surface area (Å²) in [6, 6.07) is 0. The zero-order chi connectivity index (χ0) is 14.8. The van der Waals surface area contributed by atoms with Gasteiger partial charge in [-0.1, -0.05) is 26.0 Å². The number of nitrogens with zero attached hydrogens (tertiary/aromatic N) is 4. The van der Waals surface area contributed by atoms with Gasteiger partial charge >= 0.3 is 5.97 Å². The van der Waals surface area contributed by atoms with Gasteiger partial charge in [0.15, 0.2) is 5.69 Å². The topological polar surface area (TPSA) is 69.9 Å². The lowest BCUT2D eigenvalue weighted by molar-refractivity contribution is 0.0516. The van der Waals surface area contributed by atoms with Crippen LogP contribution in [0.15, 0.2) is 11.6 Å². The second-order valence-corrected chi connectivity index (χ2v) is 6.32. The average Bonchev–Trinajstić information content (AvgIpc) is 2.98. The smallest absolute Gasteiger partial charge is 0.360 e. The molecule has 0 amide bonds. The monoisotopic (exact) mass is 294 g/mol. The normalized spacial score (nSPS) is 11.6. The van der Waals surface area contributed by atoms with Crippen LogP contribution in [0, 0.1) is 0 Å². The van der Waals surface area contributed by atoms with E-state index in [-0.39, 0.29) is 11.1 Å². The predicted molar refractivity (Wildman–Crippen MR) is 75.9 cm³/mol. The number of carbonyl (C=O) groups is 1. The Bertz CT molecular complexity index is 584. The first-order valence-electron chi connectivity index (χ1n) is 6.43. The molecule has 2 aromatic heterocycles. The van der Waals surface area contributed by atoms with Crippen LogP contribution in [0.3, 0.4) is 0 Å². The number of hydrogen-bond acceptors (Lipinski definition) is 6. The quantitative estimate of drug-likeness (QED) is 0.809. The summed E-state index contributed by atoms with van der Waals surface area (Å²) in [5.74, 6) is -0.428. The number of thiazole rings is 1. The zero-order valence-corrected chi connectivity index (χ0v) is 12.9. The maximum absolute atomic E-state index is 12.0. The molecule has 0 spiro atoms. The van der Waals surface area contributed by atoms with E-state index in [0.29, 0.717) is 13.2 Å². The van der Waals surface area contributed by atoms with Crippen LogP contribution in [-0.2, 0) is 16.7 Å². The fraction of sp³-hybridized carbons (Fsp3) is 0.538. The first kappa shape index (κ1) is 14.6. The molecule has 0 bridgehead atoms. The second kappa shape index (κ2) is 5.70. The minimum absolute atomic E-state index is 0.261. The van der Waals surface area contributed by atoms with E-state index in [2.05, 4.69) is 15.3 Å². The van der Waals surface area contributed by atoms with Crippen LogP contribution >= 0.6 is 11.3 Å². The van der Waals surface area contributed by atoms with E-state index in [4.69, 9.17) is 4.74 Å². The minimum Gasteiger partial charge on any atom is -0.461 e. The molecule has 0 unspecified atom stereocenters. The van der Waals surface area contributed by atoms with Crippen molar-refractivity contribution in [2.75, 3.05) is 6.61 Å². The molecule has 0 fully saturated rings. The highest BCUT2D eigenvalue weighted by Gasteiger charge is 2.30. The standard InChI is InChI=1S/C13H18N4O2S/c1-5-19-12(18)10-11(13(2,3)4)17(16-15-10)8-9-14-6-7-20-9/h6-7H,5,8H2,1-4H3. The second-order valence-electron chi connectivity index (χ2n) is 5.34. The molecule has 0 aromatic carbocycles. The lowest BCUT2D eigenvalue weighted by atomic mass is 9.90. The first-order chi connectivity index (χ1) is 9.43. The van der Waals surface area contributed by atoms with Crippen LogP contribution in [0.1, 0.15) is 48.9 Å². The van der Waals surface area contributed by atoms with Crippen LogP contribution < -0.4 is 0 Å². The van der Waals surface area contributed by atoms with Gasteiger partial charge in [-0.15, -0.1) is 16.4 Å². The SMILES string of the molecule is CCOC(=O)c1nnn(Cc2nccs2)c1C(C)(C)C. The number of ether oxygens (including phenoxy) is 1. The molecule has 0 aliphatic carbocycles. The van der Waals surface area contributed by atoms with Crippen molar-refractivity contribution in [1.82, 2.24) is 20.0 Å². The van der Waals surface area contributed by atoms with Crippen LogP contribution in [0.4, 0.5) is 0 Å². The van der Waals surface area contributed by atoms with Gasteiger partial charge in [-0.3, -0.25) is 0 Å². The number of hydrogen-bond donors (Lipinski definition) is 0. The molecule has 0 atom stereocenters. The van der Waals surface area contributed by atoms with Crippen molar-refractivity contribution in [1.29, 1.82) is 0 Å². The number of rotatable bonds is 4. The molecule has 0 aliphatic heterocycles. The lowest BCUT2D eigenvalue weighted by Gasteiger charge is -2.20. The van der Waals surface area contributed by atoms with Gasteiger partial charge in [0.1, 0.15) is 5.01 Å². The lowest BCUT2D eigenvalue weighted by Crippen LogP contribution is -2.23. The Morgan fingerprint density at radius 1 is 1.45 bits per heavy atom. The maximum Gasteiger partial charge on any atom is 0.360 e. The number of carbonyl (C=O) groups excluding carboxylic acids is 1. The fourth-order valence-electron chi connectivity index (χ4n) is 1.96. The van der Waals surface area contributed by atoms with Gasteiger partial charge in [-0.2, -0.15) is 0 Å². The predicted octanol–water partition coefficient (Wildman–Crippen LogP) is 2.26. The van der Waals surface area contributed by atoms with E-state index in [1.807, 2.05) is 26.2 Å². The van der Waals surface area contributed by atoms with Crippen molar-refractivity contribution in [3.8, 4) is 0 Å². The van der Waals surface area contributed by atoms with Crippen LogP contribution in [0.2, 0.25) is 0 Å². The first-order valence-corrected chi connectivity index (χ1v) is 7.31. The minimum atomic E-state index is -0.428. The largest absolute Gasteiger partial charge is 0.461 e. The Kier molecular flexibility index (Phi) is 4.17. The van der Waals surface area contributed by atoms with Gasteiger partial charge in [0.25, 0.3) is 0 Å². The molecule has 20 heavy (non-hydrogen) atoms. The van der Waals surface area contributed by atoms with Gasteiger partial charge in [-0.25, -0.2) is 14.5 Å². The Hall–Kier alpha value is -1.76. The summed E-state index contributed by atoms with van der Waals surface area (Å²) >= 11 is 1.55. The fourth-order valence-corrected chi connectivity index (χ4v) is 2.56. The third-order valence-electron chi connectivity index (χ3n) is 2.68. The maximum atomic E-state index is 12.0. The number of esters is 1. The third kappa shape index (κ3) is 3.04. The highest BCUT2D eigenvalue weighted by molar-refractivity contribution is 7.09. The molecule has 6 nitrogen and oxygen atoms in total. The molecule has 7 heteroatoms. The van der Waals surface area contributed by atoms with Crippen molar-refractivity contribution in [3.05, 3.63) is 28.0 Å². The van der Waals surface area contributed by atoms with E-state index in [9.17, 15) is 4.79 Å². The van der Waals surface area contributed by atoms with E-state index in [0.717, 1.165) is 10.7 Å². The molecule has 2 heterocycles. The highest BCUT2D eigenvalue weighted by Crippen LogP contribution is 2.26. The molecule has 0 aliphatic rings. The number of aromatic nitrogens is 4. The summed E-state index contributed by atoms with van der Waals surface area (Å²) in [5.41, 5.74) is 0.796. The van der Waals surface area contributed by atoms with E-state index in [1.54, 1.807) is 29.1 Å². The zero-order valence-electron chi connectivity index (χ0n) is 12.1. The van der Waals surface area contributed by atoms with Crippen LogP contribution in [0.25, 0.3) is 0 Å². The summed E-state index contributed by atoms with van der Waals surface area (Å²) < 4.78 is 6.77.